The zero-order valence-electron chi connectivity index (χ0n) is 28.7. The van der Waals surface area contributed by atoms with Crippen molar-refractivity contribution in [3.63, 3.8) is 0 Å². The molecule has 6 atom stereocenters. The van der Waals surface area contributed by atoms with E-state index in [1.807, 2.05) is 43.2 Å². The van der Waals surface area contributed by atoms with Crippen molar-refractivity contribution in [2.24, 2.45) is 23.7 Å². The molecule has 0 radical (unpaired) electrons. The summed E-state index contributed by atoms with van der Waals surface area (Å²) in [5.41, 5.74) is 3.97. The Balaban J connectivity index is 0.00000351. The molecule has 8 rings (SSSR count). The monoisotopic (exact) mass is 765 g/mol. The van der Waals surface area contributed by atoms with Gasteiger partial charge in [0.25, 0.3) is 0 Å². The minimum atomic E-state index is -2.19. The number of anilines is 1. The maximum Gasteiger partial charge on any atom is 0.135 e. The Bertz CT molecular complexity index is 1970. The molecule has 2 aromatic heterocycles. The van der Waals surface area contributed by atoms with E-state index in [4.69, 9.17) is 13.8 Å². The first-order valence-electron chi connectivity index (χ1n) is 16.9. The zero-order valence-corrected chi connectivity index (χ0v) is 28.0. The summed E-state index contributed by atoms with van der Waals surface area (Å²) in [6.07, 6.45) is 2.95. The molecule has 2 saturated carbocycles. The fraction of sp³-hybridized carbons (Fsp3) is 0.368. The largest absolute Gasteiger partial charge is 0.525 e. The van der Waals surface area contributed by atoms with Crippen molar-refractivity contribution in [2.45, 2.75) is 58.5 Å². The zero-order chi connectivity index (χ0) is 32.1. The number of nitrogens with zero attached hydrogens (tertiary/aromatic N) is 4. The number of pyridine rings is 1. The van der Waals surface area contributed by atoms with Gasteiger partial charge in [0, 0.05) is 60.5 Å². The number of ether oxygens (including phenoxy) is 1. The van der Waals surface area contributed by atoms with Crippen LogP contribution in [0.5, 0.6) is 11.5 Å². The Labute approximate surface area is 279 Å². The van der Waals surface area contributed by atoms with Crippen LogP contribution in [0.15, 0.2) is 72.9 Å². The summed E-state index contributed by atoms with van der Waals surface area (Å²) in [4.78, 5) is 8.57. The second kappa shape index (κ2) is 10.7. The third-order valence-corrected chi connectivity index (χ3v) is 10.5. The van der Waals surface area contributed by atoms with Crippen LogP contribution < -0.4 is 9.64 Å². The number of fused-ring (bicyclic) bond motifs is 8. The summed E-state index contributed by atoms with van der Waals surface area (Å²) in [5, 5.41) is 2.20. The van der Waals surface area contributed by atoms with Gasteiger partial charge in [-0.2, -0.15) is 24.9 Å². The van der Waals surface area contributed by atoms with Gasteiger partial charge in [0.15, 0.2) is 0 Å². The smallest absolute Gasteiger partial charge is 0.135 e. The summed E-state index contributed by atoms with van der Waals surface area (Å²) in [7, 11) is 0. The molecule has 3 aromatic carbocycles. The van der Waals surface area contributed by atoms with Crippen LogP contribution >= 0.6 is 0 Å². The number of likely N-dealkylation sites (N-methyl/N-ethyl adjacent to an activating group) is 1. The molecule has 5 nitrogen and oxygen atoms in total. The molecule has 1 saturated heterocycles. The molecule has 230 valence electrons. The normalized spacial score (nSPS) is 27.7. The van der Waals surface area contributed by atoms with Crippen LogP contribution in [-0.2, 0) is 26.5 Å². The van der Waals surface area contributed by atoms with Gasteiger partial charge in [-0.05, 0) is 71.6 Å². The molecular formula is C38H39N4OPt-3. The average Bonchev–Trinajstić information content (AvgIpc) is 3.75. The summed E-state index contributed by atoms with van der Waals surface area (Å²) in [5.74, 6) is 3.84. The van der Waals surface area contributed by atoms with Crippen LogP contribution in [0.25, 0.3) is 27.6 Å². The molecule has 5 aromatic rings. The number of benzene rings is 3. The van der Waals surface area contributed by atoms with Crippen LogP contribution in [0.1, 0.15) is 50.7 Å². The summed E-state index contributed by atoms with van der Waals surface area (Å²) >= 11 is 0. The molecule has 0 spiro atoms. The van der Waals surface area contributed by atoms with Crippen molar-refractivity contribution in [3.05, 3.63) is 97.3 Å². The molecule has 3 heterocycles. The van der Waals surface area contributed by atoms with Crippen molar-refractivity contribution < 1.29 is 29.9 Å². The van der Waals surface area contributed by atoms with E-state index in [9.17, 15) is 0 Å². The van der Waals surface area contributed by atoms with Crippen LogP contribution in [0.4, 0.5) is 5.69 Å². The van der Waals surface area contributed by atoms with Crippen LogP contribution in [0.3, 0.4) is 0 Å². The van der Waals surface area contributed by atoms with E-state index >= 15 is 0 Å². The molecular weight excluding hydrogens is 724 g/mol. The number of hydrogen-bond acceptors (Lipinski definition) is 4. The van der Waals surface area contributed by atoms with Gasteiger partial charge < -0.3 is 19.1 Å². The molecule has 6 heteroatoms. The van der Waals surface area contributed by atoms with E-state index in [1.54, 1.807) is 4.90 Å². The Morgan fingerprint density at radius 3 is 2.48 bits per heavy atom. The van der Waals surface area contributed by atoms with E-state index in [2.05, 4.69) is 92.6 Å². The Kier molecular flexibility index (Phi) is 6.37. The molecule has 2 aliphatic carbocycles. The standard InChI is InChI=1S/C38H39N4O.Pt/c1-23-24(2)32-21-31(23)36-37(32)41(22-40(36)6)26-10-9-11-27(19-26)43-28-14-15-30-29-12-7-8-13-33(29)42(34(30)20-28)35-18-25(16-17-39-35)38(3,4)5;/h7-18,22-24,31-32,36-37H,21H2,1-6H3;/q-3;/t23?,24?,31?,32-,36?,37-;/m0./s1/i6D3;. The molecule has 4 unspecified atom stereocenters. The average molecular weight is 766 g/mol. The number of rotatable bonds is 4. The maximum absolute atomic E-state index is 8.30. The number of aromatic nitrogens is 2. The van der Waals surface area contributed by atoms with Crippen molar-refractivity contribution in [2.75, 3.05) is 11.9 Å². The second-order valence-corrected chi connectivity index (χ2v) is 13.8. The van der Waals surface area contributed by atoms with E-state index in [-0.39, 0.29) is 38.6 Å². The molecule has 3 aliphatic rings. The Hall–Kier alpha value is -3.14. The van der Waals surface area contributed by atoms with E-state index in [0.717, 1.165) is 39.7 Å². The molecule has 44 heavy (non-hydrogen) atoms. The minimum absolute atomic E-state index is 0. The molecule has 0 N–H and O–H groups in total. The van der Waals surface area contributed by atoms with Crippen molar-refractivity contribution in [3.8, 4) is 17.3 Å². The first kappa shape index (κ1) is 26.1. The predicted octanol–water partition coefficient (Wildman–Crippen LogP) is 8.40. The van der Waals surface area contributed by atoms with Crippen molar-refractivity contribution in [1.29, 1.82) is 0 Å². The quantitative estimate of drug-likeness (QED) is 0.172. The first-order chi connectivity index (χ1) is 21.9. The van der Waals surface area contributed by atoms with Gasteiger partial charge >= 0.3 is 0 Å². The van der Waals surface area contributed by atoms with Gasteiger partial charge in [-0.25, -0.2) is 4.98 Å². The van der Waals surface area contributed by atoms with Gasteiger partial charge in [-0.3, -0.25) is 0 Å². The number of para-hydroxylation sites is 1. The van der Waals surface area contributed by atoms with E-state index in [1.165, 1.54) is 5.56 Å². The summed E-state index contributed by atoms with van der Waals surface area (Å²) in [6.45, 7) is 10.9. The Morgan fingerprint density at radius 1 is 0.909 bits per heavy atom. The summed E-state index contributed by atoms with van der Waals surface area (Å²) in [6, 6.07) is 29.6. The third-order valence-electron chi connectivity index (χ3n) is 10.5. The first-order valence-corrected chi connectivity index (χ1v) is 15.4. The van der Waals surface area contributed by atoms with E-state index in [0.29, 0.717) is 35.2 Å². The van der Waals surface area contributed by atoms with Crippen LogP contribution in [-0.4, -0.2) is 33.5 Å². The predicted molar refractivity (Wildman–Crippen MR) is 174 cm³/mol. The van der Waals surface area contributed by atoms with Gasteiger partial charge in [0.1, 0.15) is 5.82 Å². The molecule has 3 fully saturated rings. The van der Waals surface area contributed by atoms with Gasteiger partial charge in [0.05, 0.1) is 0 Å². The molecule has 2 bridgehead atoms. The van der Waals surface area contributed by atoms with Gasteiger partial charge in [0.2, 0.25) is 0 Å². The molecule has 0 amide bonds. The van der Waals surface area contributed by atoms with Gasteiger partial charge in [-0.1, -0.05) is 58.3 Å². The number of hydrogen-bond donors (Lipinski definition) is 0. The molecule has 1 aliphatic heterocycles. The third kappa shape index (κ3) is 4.53. The van der Waals surface area contributed by atoms with Crippen molar-refractivity contribution >= 4 is 27.5 Å². The van der Waals surface area contributed by atoms with Crippen LogP contribution in [0, 0.1) is 42.5 Å². The fourth-order valence-electron chi connectivity index (χ4n) is 8.13. The fourth-order valence-corrected chi connectivity index (χ4v) is 8.13. The minimum Gasteiger partial charge on any atom is -0.525 e. The van der Waals surface area contributed by atoms with Gasteiger partial charge in [-0.15, -0.1) is 35.3 Å². The van der Waals surface area contributed by atoms with Crippen LogP contribution in [0.2, 0.25) is 0 Å². The summed E-state index contributed by atoms with van der Waals surface area (Å²) < 4.78 is 33.5. The SMILES string of the molecule is [2H]C([2H])([2H])N1[CH-]N(c2[c-]c(Oc3[c-]c4c(cc3)c3ccccc3n4-c3cc(C(C)(C)C)ccn3)ccc2)[C@@H]2C1C1C[C@H]2C(C)C1C.[Pt]. The Morgan fingerprint density at radius 2 is 1.68 bits per heavy atom. The topological polar surface area (TPSA) is 33.5 Å². The second-order valence-electron chi connectivity index (χ2n) is 13.8. The van der Waals surface area contributed by atoms with E-state index < -0.39 is 6.98 Å². The maximum atomic E-state index is 8.30. The van der Waals surface area contributed by atoms with Crippen molar-refractivity contribution in [1.82, 2.24) is 14.5 Å².